The van der Waals surface area contributed by atoms with E-state index in [-0.39, 0.29) is 0 Å². The molecule has 0 aliphatic heterocycles. The molecular formula is C11H11ClO3. The van der Waals surface area contributed by atoms with Gasteiger partial charge in [0.2, 0.25) is 0 Å². The van der Waals surface area contributed by atoms with E-state index in [0.29, 0.717) is 34.6 Å². The Balaban J connectivity index is 3.22. The van der Waals surface area contributed by atoms with E-state index in [1.807, 2.05) is 0 Å². The Morgan fingerprint density at radius 3 is 2.73 bits per heavy atom. The quantitative estimate of drug-likeness (QED) is 0.588. The van der Waals surface area contributed by atoms with Gasteiger partial charge in [-0.25, -0.2) is 4.79 Å². The van der Waals surface area contributed by atoms with Gasteiger partial charge in [0, 0.05) is 10.6 Å². The van der Waals surface area contributed by atoms with Crippen molar-refractivity contribution in [3.63, 3.8) is 0 Å². The van der Waals surface area contributed by atoms with Crippen LogP contribution < -0.4 is 0 Å². The molecule has 0 atom stereocenters. The first-order valence-electron chi connectivity index (χ1n) is 4.52. The van der Waals surface area contributed by atoms with Crippen molar-refractivity contribution >= 4 is 23.9 Å². The second-order valence-corrected chi connectivity index (χ2v) is 3.44. The van der Waals surface area contributed by atoms with Gasteiger partial charge in [-0.15, -0.1) is 0 Å². The molecular weight excluding hydrogens is 216 g/mol. The standard InChI is InChI=1S/C11H11ClO3/c1-3-15-11(14)10-5-9(12)4-8(6-13)7(10)2/h4-6H,3H2,1-2H3. The van der Waals surface area contributed by atoms with Crippen LogP contribution in [0.1, 0.15) is 33.2 Å². The first kappa shape index (κ1) is 11.7. The van der Waals surface area contributed by atoms with Crippen molar-refractivity contribution in [2.75, 3.05) is 6.61 Å². The molecule has 0 aliphatic rings. The van der Waals surface area contributed by atoms with Crippen LogP contribution in [-0.2, 0) is 4.74 Å². The molecule has 0 heterocycles. The zero-order valence-corrected chi connectivity index (χ0v) is 9.30. The smallest absolute Gasteiger partial charge is 0.338 e. The van der Waals surface area contributed by atoms with Gasteiger partial charge in [0.05, 0.1) is 12.2 Å². The number of hydrogen-bond donors (Lipinski definition) is 0. The Morgan fingerprint density at radius 1 is 1.53 bits per heavy atom. The average Bonchev–Trinajstić information content (AvgIpc) is 2.21. The first-order valence-corrected chi connectivity index (χ1v) is 4.90. The van der Waals surface area contributed by atoms with E-state index in [1.165, 1.54) is 12.1 Å². The molecule has 0 spiro atoms. The van der Waals surface area contributed by atoms with Gasteiger partial charge in [-0.05, 0) is 31.5 Å². The molecule has 0 saturated heterocycles. The summed E-state index contributed by atoms with van der Waals surface area (Å²) in [6.45, 7) is 3.70. The van der Waals surface area contributed by atoms with E-state index < -0.39 is 5.97 Å². The number of carbonyl (C=O) groups is 2. The molecule has 15 heavy (non-hydrogen) atoms. The Kier molecular flexibility index (Phi) is 3.86. The van der Waals surface area contributed by atoms with Crippen molar-refractivity contribution in [3.8, 4) is 0 Å². The monoisotopic (exact) mass is 226 g/mol. The van der Waals surface area contributed by atoms with Crippen LogP contribution in [0.25, 0.3) is 0 Å². The molecule has 0 aromatic heterocycles. The van der Waals surface area contributed by atoms with E-state index in [2.05, 4.69) is 0 Å². The molecule has 0 fully saturated rings. The lowest BCUT2D eigenvalue weighted by Crippen LogP contribution is -2.08. The molecule has 0 N–H and O–H groups in total. The van der Waals surface area contributed by atoms with Gasteiger partial charge in [-0.2, -0.15) is 0 Å². The van der Waals surface area contributed by atoms with Crippen LogP contribution in [0.15, 0.2) is 12.1 Å². The first-order chi connectivity index (χ1) is 7.10. The predicted octanol–water partition coefficient (Wildman–Crippen LogP) is 2.64. The second kappa shape index (κ2) is 4.94. The highest BCUT2D eigenvalue weighted by molar-refractivity contribution is 6.31. The molecule has 0 unspecified atom stereocenters. The molecule has 1 aromatic carbocycles. The van der Waals surface area contributed by atoms with E-state index >= 15 is 0 Å². The van der Waals surface area contributed by atoms with E-state index in [1.54, 1.807) is 13.8 Å². The van der Waals surface area contributed by atoms with Gasteiger partial charge in [-0.3, -0.25) is 4.79 Å². The van der Waals surface area contributed by atoms with Crippen molar-refractivity contribution in [1.29, 1.82) is 0 Å². The zero-order valence-electron chi connectivity index (χ0n) is 8.54. The van der Waals surface area contributed by atoms with Crippen molar-refractivity contribution < 1.29 is 14.3 Å². The molecule has 0 amide bonds. The van der Waals surface area contributed by atoms with Gasteiger partial charge in [0.15, 0.2) is 0 Å². The van der Waals surface area contributed by atoms with Crippen LogP contribution >= 0.6 is 11.6 Å². The fraction of sp³-hybridized carbons (Fsp3) is 0.273. The molecule has 0 saturated carbocycles. The number of benzene rings is 1. The highest BCUT2D eigenvalue weighted by Crippen LogP contribution is 2.20. The van der Waals surface area contributed by atoms with Gasteiger partial charge < -0.3 is 4.74 Å². The molecule has 1 rings (SSSR count). The fourth-order valence-electron chi connectivity index (χ4n) is 1.24. The SMILES string of the molecule is CCOC(=O)c1cc(Cl)cc(C=O)c1C. The lowest BCUT2D eigenvalue weighted by molar-refractivity contribution is 0.0525. The van der Waals surface area contributed by atoms with Gasteiger partial charge in [0.1, 0.15) is 6.29 Å². The number of halogens is 1. The molecule has 80 valence electrons. The maximum atomic E-state index is 11.5. The predicted molar refractivity (Wildman–Crippen MR) is 57.5 cm³/mol. The Bertz CT molecular complexity index is 399. The minimum absolute atomic E-state index is 0.293. The third-order valence-electron chi connectivity index (χ3n) is 2.03. The van der Waals surface area contributed by atoms with Crippen LogP contribution in [0, 0.1) is 6.92 Å². The summed E-state index contributed by atoms with van der Waals surface area (Å²) in [5.41, 5.74) is 1.34. The van der Waals surface area contributed by atoms with Crippen LogP contribution in [0.4, 0.5) is 0 Å². The van der Waals surface area contributed by atoms with Crippen molar-refractivity contribution in [2.45, 2.75) is 13.8 Å². The number of hydrogen-bond acceptors (Lipinski definition) is 3. The summed E-state index contributed by atoms with van der Waals surface area (Å²) < 4.78 is 4.85. The molecule has 1 aromatic rings. The van der Waals surface area contributed by atoms with E-state index in [4.69, 9.17) is 16.3 Å². The minimum Gasteiger partial charge on any atom is -0.462 e. The Morgan fingerprint density at radius 2 is 2.20 bits per heavy atom. The van der Waals surface area contributed by atoms with E-state index in [0.717, 1.165) is 0 Å². The lowest BCUT2D eigenvalue weighted by atomic mass is 10.0. The minimum atomic E-state index is -0.458. The summed E-state index contributed by atoms with van der Waals surface area (Å²) in [5.74, 6) is -0.458. The van der Waals surface area contributed by atoms with Gasteiger partial charge in [-0.1, -0.05) is 11.6 Å². The van der Waals surface area contributed by atoms with Crippen LogP contribution in [0.5, 0.6) is 0 Å². The van der Waals surface area contributed by atoms with Crippen LogP contribution in [0.3, 0.4) is 0 Å². The number of aldehydes is 1. The van der Waals surface area contributed by atoms with Crippen molar-refractivity contribution in [2.24, 2.45) is 0 Å². The fourth-order valence-corrected chi connectivity index (χ4v) is 1.47. The molecule has 0 bridgehead atoms. The number of rotatable bonds is 3. The normalized spacial score (nSPS) is 9.80. The van der Waals surface area contributed by atoms with Crippen molar-refractivity contribution in [1.82, 2.24) is 0 Å². The van der Waals surface area contributed by atoms with Crippen LogP contribution in [-0.4, -0.2) is 18.9 Å². The van der Waals surface area contributed by atoms with E-state index in [9.17, 15) is 9.59 Å². The Hall–Kier alpha value is -1.35. The summed E-state index contributed by atoms with van der Waals surface area (Å²) in [6, 6.07) is 3.02. The Labute approximate surface area is 93.0 Å². The summed E-state index contributed by atoms with van der Waals surface area (Å²) in [5, 5.41) is 0.353. The number of ether oxygens (including phenoxy) is 1. The summed E-state index contributed by atoms with van der Waals surface area (Å²) in [7, 11) is 0. The molecule has 0 radical (unpaired) electrons. The van der Waals surface area contributed by atoms with Crippen LogP contribution in [0.2, 0.25) is 5.02 Å². The molecule has 4 heteroatoms. The summed E-state index contributed by atoms with van der Waals surface area (Å²) >= 11 is 5.78. The maximum absolute atomic E-state index is 11.5. The largest absolute Gasteiger partial charge is 0.462 e. The topological polar surface area (TPSA) is 43.4 Å². The number of carbonyl (C=O) groups excluding carboxylic acids is 2. The molecule has 0 aliphatic carbocycles. The zero-order chi connectivity index (χ0) is 11.4. The highest BCUT2D eigenvalue weighted by atomic mass is 35.5. The van der Waals surface area contributed by atoms with Gasteiger partial charge in [0.25, 0.3) is 0 Å². The lowest BCUT2D eigenvalue weighted by Gasteiger charge is -2.07. The summed E-state index contributed by atoms with van der Waals surface area (Å²) in [4.78, 5) is 22.2. The maximum Gasteiger partial charge on any atom is 0.338 e. The third kappa shape index (κ3) is 2.57. The average molecular weight is 227 g/mol. The summed E-state index contributed by atoms with van der Waals surface area (Å²) in [6.07, 6.45) is 0.671. The highest BCUT2D eigenvalue weighted by Gasteiger charge is 2.13. The third-order valence-corrected chi connectivity index (χ3v) is 2.25. The molecule has 3 nitrogen and oxygen atoms in total. The van der Waals surface area contributed by atoms with Crippen molar-refractivity contribution in [3.05, 3.63) is 33.8 Å². The van der Waals surface area contributed by atoms with Gasteiger partial charge >= 0.3 is 5.97 Å². The second-order valence-electron chi connectivity index (χ2n) is 3.01. The number of esters is 1.